The number of benzene rings is 1. The predicted molar refractivity (Wildman–Crippen MR) is 76.5 cm³/mol. The van der Waals surface area contributed by atoms with Crippen LogP contribution in [0.3, 0.4) is 0 Å². The van der Waals surface area contributed by atoms with Crippen LogP contribution in [-0.2, 0) is 7.05 Å². The molecule has 0 atom stereocenters. The van der Waals surface area contributed by atoms with Crippen LogP contribution in [-0.4, -0.2) is 33.1 Å². The van der Waals surface area contributed by atoms with Crippen LogP contribution < -0.4 is 15.8 Å². The lowest BCUT2D eigenvalue weighted by molar-refractivity contribution is 0.102. The van der Waals surface area contributed by atoms with Crippen molar-refractivity contribution in [1.29, 1.82) is 0 Å². The van der Waals surface area contributed by atoms with Gasteiger partial charge < -0.3 is 25.6 Å². The second kappa shape index (κ2) is 6.42. The first-order valence-electron chi connectivity index (χ1n) is 6.07. The molecule has 0 aliphatic rings. The maximum atomic E-state index is 12.0. The van der Waals surface area contributed by atoms with Crippen molar-refractivity contribution in [2.75, 3.05) is 11.9 Å². The summed E-state index contributed by atoms with van der Waals surface area (Å²) in [5.41, 5.74) is 6.19. The van der Waals surface area contributed by atoms with Crippen molar-refractivity contribution in [1.82, 2.24) is 9.55 Å². The molecule has 8 heteroatoms. The van der Waals surface area contributed by atoms with Gasteiger partial charge in [-0.25, -0.2) is 4.98 Å². The lowest BCUT2D eigenvalue weighted by atomic mass is 10.3. The van der Waals surface area contributed by atoms with E-state index in [0.717, 1.165) is 0 Å². The first-order chi connectivity index (χ1) is 10.1. The minimum atomic E-state index is -0.316. The normalized spacial score (nSPS) is 11.2. The smallest absolute Gasteiger partial charge is 0.275 e. The van der Waals surface area contributed by atoms with E-state index in [2.05, 4.69) is 15.5 Å². The molecule has 0 bridgehead atoms. The molecule has 0 aliphatic heterocycles. The topological polar surface area (TPSA) is 115 Å². The van der Waals surface area contributed by atoms with Gasteiger partial charge in [-0.2, -0.15) is 0 Å². The molecule has 0 aliphatic carbocycles. The summed E-state index contributed by atoms with van der Waals surface area (Å²) >= 11 is 0. The van der Waals surface area contributed by atoms with E-state index >= 15 is 0 Å². The van der Waals surface area contributed by atoms with E-state index in [1.807, 2.05) is 0 Å². The van der Waals surface area contributed by atoms with Crippen LogP contribution in [0.4, 0.5) is 5.69 Å². The monoisotopic (exact) mass is 289 g/mol. The molecular formula is C13H15N5O3. The number of rotatable bonds is 5. The molecule has 21 heavy (non-hydrogen) atoms. The van der Waals surface area contributed by atoms with Crippen LogP contribution in [0.5, 0.6) is 5.75 Å². The van der Waals surface area contributed by atoms with Crippen LogP contribution in [0.15, 0.2) is 41.9 Å². The van der Waals surface area contributed by atoms with Gasteiger partial charge in [0.2, 0.25) is 0 Å². The number of nitrogens with two attached hydrogens (primary N) is 1. The summed E-state index contributed by atoms with van der Waals surface area (Å²) in [6.07, 6.45) is 3.17. The van der Waals surface area contributed by atoms with Crippen molar-refractivity contribution in [3.63, 3.8) is 0 Å². The fourth-order valence-corrected chi connectivity index (χ4v) is 1.57. The molecule has 0 saturated heterocycles. The van der Waals surface area contributed by atoms with Gasteiger partial charge in [-0.05, 0) is 12.1 Å². The number of nitrogens with zero attached hydrogens (tertiary/aromatic N) is 3. The Morgan fingerprint density at radius 2 is 2.38 bits per heavy atom. The van der Waals surface area contributed by atoms with Crippen LogP contribution >= 0.6 is 0 Å². The summed E-state index contributed by atoms with van der Waals surface area (Å²) in [4.78, 5) is 15.9. The fourth-order valence-electron chi connectivity index (χ4n) is 1.57. The average molecular weight is 289 g/mol. The number of ether oxygens (including phenoxy) is 1. The maximum Gasteiger partial charge on any atom is 0.275 e. The standard InChI is InChI=1S/C13H15N5O3/c1-18-6-11(15-8-18)13(19)16-9-3-2-4-10(5-9)21-7-12(14)17-20/h2-6,8,20H,7H2,1H3,(H2,14,17)(H,16,19). The van der Waals surface area contributed by atoms with Crippen molar-refractivity contribution >= 4 is 17.4 Å². The third-order valence-corrected chi connectivity index (χ3v) is 2.54. The van der Waals surface area contributed by atoms with Crippen LogP contribution in [0.1, 0.15) is 10.5 Å². The summed E-state index contributed by atoms with van der Waals surface area (Å²) < 4.78 is 6.99. The van der Waals surface area contributed by atoms with Gasteiger partial charge in [0.25, 0.3) is 5.91 Å². The maximum absolute atomic E-state index is 12.0. The number of carbonyl (C=O) groups is 1. The van der Waals surface area contributed by atoms with E-state index in [4.69, 9.17) is 15.7 Å². The van der Waals surface area contributed by atoms with Crippen LogP contribution in [0.2, 0.25) is 0 Å². The minimum Gasteiger partial charge on any atom is -0.485 e. The lowest BCUT2D eigenvalue weighted by Crippen LogP contribution is -2.20. The van der Waals surface area contributed by atoms with Gasteiger partial charge in [0.05, 0.1) is 6.33 Å². The zero-order valence-corrected chi connectivity index (χ0v) is 11.4. The van der Waals surface area contributed by atoms with E-state index in [-0.39, 0.29) is 18.3 Å². The molecule has 2 aromatic rings. The second-order valence-corrected chi connectivity index (χ2v) is 4.29. The molecule has 110 valence electrons. The molecule has 0 saturated carbocycles. The van der Waals surface area contributed by atoms with E-state index < -0.39 is 0 Å². The summed E-state index contributed by atoms with van der Waals surface area (Å²) in [6.45, 7) is -0.0475. The number of anilines is 1. The molecular weight excluding hydrogens is 274 g/mol. The number of hydrogen-bond acceptors (Lipinski definition) is 5. The number of aryl methyl sites for hydroxylation is 1. The molecule has 8 nitrogen and oxygen atoms in total. The highest BCUT2D eigenvalue weighted by Crippen LogP contribution is 2.17. The Bertz CT molecular complexity index is 665. The molecule has 4 N–H and O–H groups in total. The predicted octanol–water partition coefficient (Wildman–Crippen LogP) is 0.798. The van der Waals surface area contributed by atoms with Crippen molar-refractivity contribution in [3.05, 3.63) is 42.5 Å². The lowest BCUT2D eigenvalue weighted by Gasteiger charge is -2.08. The van der Waals surface area contributed by atoms with Crippen LogP contribution in [0, 0.1) is 0 Å². The molecule has 1 amide bonds. The third-order valence-electron chi connectivity index (χ3n) is 2.54. The highest BCUT2D eigenvalue weighted by atomic mass is 16.5. The number of imidazole rings is 1. The van der Waals surface area contributed by atoms with Gasteiger partial charge in [-0.1, -0.05) is 11.2 Å². The fraction of sp³-hybridized carbons (Fsp3) is 0.154. The summed E-state index contributed by atoms with van der Waals surface area (Å²) in [6, 6.07) is 6.76. The first kappa shape index (κ1) is 14.4. The number of nitrogens with one attached hydrogen (secondary N) is 1. The molecule has 0 radical (unpaired) electrons. The van der Waals surface area contributed by atoms with Gasteiger partial charge in [0, 0.05) is 25.0 Å². The van der Waals surface area contributed by atoms with Gasteiger partial charge in [-0.3, -0.25) is 4.79 Å². The quantitative estimate of drug-likeness (QED) is 0.326. The summed E-state index contributed by atoms with van der Waals surface area (Å²) in [5, 5.41) is 13.9. The van der Waals surface area contributed by atoms with Crippen molar-refractivity contribution < 1.29 is 14.7 Å². The Morgan fingerprint density at radius 3 is 3.05 bits per heavy atom. The van der Waals surface area contributed by atoms with E-state index in [1.54, 1.807) is 48.4 Å². The van der Waals surface area contributed by atoms with Crippen molar-refractivity contribution in [3.8, 4) is 5.75 Å². The largest absolute Gasteiger partial charge is 0.485 e. The SMILES string of the molecule is Cn1cnc(C(=O)Nc2cccc(OC/C(N)=N/O)c2)c1. The number of amidine groups is 1. The molecule has 1 aromatic heterocycles. The Kier molecular flexibility index (Phi) is 4.39. The van der Waals surface area contributed by atoms with E-state index in [1.165, 1.54) is 0 Å². The van der Waals surface area contributed by atoms with Crippen molar-refractivity contribution in [2.24, 2.45) is 17.9 Å². The zero-order valence-electron chi connectivity index (χ0n) is 11.4. The second-order valence-electron chi connectivity index (χ2n) is 4.29. The zero-order chi connectivity index (χ0) is 15.2. The highest BCUT2D eigenvalue weighted by molar-refractivity contribution is 6.02. The Morgan fingerprint density at radius 1 is 1.57 bits per heavy atom. The van der Waals surface area contributed by atoms with E-state index in [0.29, 0.717) is 17.1 Å². The summed E-state index contributed by atoms with van der Waals surface area (Å²) in [7, 11) is 1.78. The Hall–Kier alpha value is -3.03. The minimum absolute atomic E-state index is 0.0436. The van der Waals surface area contributed by atoms with E-state index in [9.17, 15) is 4.79 Å². The number of hydrogen-bond donors (Lipinski definition) is 3. The van der Waals surface area contributed by atoms with Gasteiger partial charge in [0.1, 0.15) is 18.1 Å². The van der Waals surface area contributed by atoms with Gasteiger partial charge in [-0.15, -0.1) is 0 Å². The van der Waals surface area contributed by atoms with Gasteiger partial charge >= 0.3 is 0 Å². The first-order valence-corrected chi connectivity index (χ1v) is 6.07. The Labute approximate surface area is 120 Å². The number of aromatic nitrogens is 2. The van der Waals surface area contributed by atoms with Gasteiger partial charge in [0.15, 0.2) is 5.84 Å². The number of amides is 1. The number of carbonyl (C=O) groups excluding carboxylic acids is 1. The third kappa shape index (κ3) is 3.96. The molecule has 0 fully saturated rings. The molecule has 2 rings (SSSR count). The summed E-state index contributed by atoms with van der Waals surface area (Å²) in [5.74, 6) is 0.127. The highest BCUT2D eigenvalue weighted by Gasteiger charge is 2.09. The molecule has 1 heterocycles. The average Bonchev–Trinajstić information content (AvgIpc) is 2.92. The Balaban J connectivity index is 2.02. The molecule has 0 unspecified atom stereocenters. The number of oxime groups is 1. The van der Waals surface area contributed by atoms with Crippen LogP contribution in [0.25, 0.3) is 0 Å². The molecule has 0 spiro atoms. The molecule has 1 aromatic carbocycles. The van der Waals surface area contributed by atoms with Crippen molar-refractivity contribution in [2.45, 2.75) is 0 Å².